The number of nitrogens with zero attached hydrogens (tertiary/aromatic N) is 1. The minimum absolute atomic E-state index is 0.105. The average molecular weight is 568 g/mol. The molecule has 0 bridgehead atoms. The van der Waals surface area contributed by atoms with E-state index in [2.05, 4.69) is 69.2 Å². The van der Waals surface area contributed by atoms with E-state index in [4.69, 9.17) is 0 Å². The largest absolute Gasteiger partial charge is 0.335 e. The number of aryl methyl sites for hydroxylation is 2. The number of hydrogen-bond acceptors (Lipinski definition) is 3. The fraction of sp³-hybridized carbons (Fsp3) is 0.115. The number of anilines is 1. The Labute approximate surface area is 208 Å². The summed E-state index contributed by atoms with van der Waals surface area (Å²) in [5, 5.41) is 2.25. The molecule has 1 saturated heterocycles. The maximum Gasteiger partial charge on any atom is 0.335 e. The van der Waals surface area contributed by atoms with Gasteiger partial charge in [0.05, 0.1) is 5.69 Å². The lowest BCUT2D eigenvalue weighted by Gasteiger charge is -2.26. The Morgan fingerprint density at radius 3 is 2.18 bits per heavy atom. The zero-order valence-corrected chi connectivity index (χ0v) is 21.2. The topological polar surface area (TPSA) is 66.5 Å². The molecule has 4 amide bonds. The highest BCUT2D eigenvalue weighted by Crippen LogP contribution is 2.26. The highest BCUT2D eigenvalue weighted by molar-refractivity contribution is 9.10. The van der Waals surface area contributed by atoms with Crippen molar-refractivity contribution in [3.05, 3.63) is 103 Å². The molecule has 0 aromatic heterocycles. The number of nitrogens with one attached hydrogen (secondary N) is 1. The van der Waals surface area contributed by atoms with Crippen LogP contribution in [-0.2, 0) is 16.0 Å². The second kappa shape index (κ2) is 9.45. The minimum atomic E-state index is -0.769. The minimum Gasteiger partial charge on any atom is -0.273 e. The van der Waals surface area contributed by atoms with Crippen molar-refractivity contribution in [2.45, 2.75) is 20.3 Å². The number of rotatable bonds is 4. The molecule has 0 unspecified atom stereocenters. The van der Waals surface area contributed by atoms with Gasteiger partial charge >= 0.3 is 6.03 Å². The van der Waals surface area contributed by atoms with Gasteiger partial charge in [-0.2, -0.15) is 0 Å². The number of amides is 4. The van der Waals surface area contributed by atoms with E-state index < -0.39 is 17.8 Å². The maximum atomic E-state index is 13.0. The molecule has 0 atom stereocenters. The molecular formula is C26H20Br2N2O3. The van der Waals surface area contributed by atoms with Crippen LogP contribution in [0.5, 0.6) is 0 Å². The molecule has 1 N–H and O–H groups in total. The van der Waals surface area contributed by atoms with Crippen molar-refractivity contribution < 1.29 is 14.4 Å². The average Bonchev–Trinajstić information content (AvgIpc) is 2.73. The molecule has 3 aromatic carbocycles. The predicted octanol–water partition coefficient (Wildman–Crippen LogP) is 6.09. The van der Waals surface area contributed by atoms with Gasteiger partial charge in [-0.05, 0) is 73.4 Å². The van der Waals surface area contributed by atoms with Gasteiger partial charge in [0.1, 0.15) is 5.57 Å². The van der Waals surface area contributed by atoms with Crippen molar-refractivity contribution in [3.63, 3.8) is 0 Å². The molecular weight excluding hydrogens is 548 g/mol. The van der Waals surface area contributed by atoms with Crippen LogP contribution in [0.25, 0.3) is 6.08 Å². The Morgan fingerprint density at radius 1 is 0.879 bits per heavy atom. The second-order valence-electron chi connectivity index (χ2n) is 7.96. The summed E-state index contributed by atoms with van der Waals surface area (Å²) in [5.41, 5.74) is 5.69. The zero-order valence-electron chi connectivity index (χ0n) is 18.0. The third kappa shape index (κ3) is 5.15. The number of urea groups is 1. The van der Waals surface area contributed by atoms with Crippen LogP contribution in [0.4, 0.5) is 10.5 Å². The molecule has 7 heteroatoms. The lowest BCUT2D eigenvalue weighted by molar-refractivity contribution is -0.122. The number of imide groups is 2. The van der Waals surface area contributed by atoms with Crippen LogP contribution >= 0.6 is 31.9 Å². The monoisotopic (exact) mass is 566 g/mol. The van der Waals surface area contributed by atoms with Crippen LogP contribution in [0.3, 0.4) is 0 Å². The maximum absolute atomic E-state index is 13.0. The standard InChI is InChI=1S/C26H20Br2N2O3/c1-15-9-16(2)11-18(10-15)12-19-4-3-17(14-23(19)28)13-22-24(31)29-26(33)30(25(22)32)21-7-5-20(27)6-8-21/h3-11,13-14H,12H2,1-2H3,(H,29,31,33)/b22-13+. The fourth-order valence-electron chi connectivity index (χ4n) is 3.84. The van der Waals surface area contributed by atoms with E-state index in [0.29, 0.717) is 11.3 Å². The van der Waals surface area contributed by atoms with Gasteiger partial charge in [0.25, 0.3) is 11.8 Å². The first-order valence-corrected chi connectivity index (χ1v) is 11.8. The van der Waals surface area contributed by atoms with Crippen molar-refractivity contribution >= 4 is 61.5 Å². The van der Waals surface area contributed by atoms with E-state index >= 15 is 0 Å². The highest BCUT2D eigenvalue weighted by atomic mass is 79.9. The van der Waals surface area contributed by atoms with Crippen LogP contribution in [0, 0.1) is 13.8 Å². The number of barbiturate groups is 1. The Balaban J connectivity index is 1.62. The smallest absolute Gasteiger partial charge is 0.273 e. The van der Waals surface area contributed by atoms with Crippen LogP contribution < -0.4 is 10.2 Å². The summed E-state index contributed by atoms with van der Waals surface area (Å²) < 4.78 is 1.69. The number of halogens is 2. The number of hydrogen-bond donors (Lipinski definition) is 1. The summed E-state index contributed by atoms with van der Waals surface area (Å²) >= 11 is 6.95. The first kappa shape index (κ1) is 23.1. The highest BCUT2D eigenvalue weighted by Gasteiger charge is 2.36. The van der Waals surface area contributed by atoms with Crippen LogP contribution in [-0.4, -0.2) is 17.8 Å². The Hall–Kier alpha value is -3.03. The van der Waals surface area contributed by atoms with E-state index in [1.54, 1.807) is 24.3 Å². The Kier molecular flexibility index (Phi) is 6.63. The Morgan fingerprint density at radius 2 is 1.55 bits per heavy atom. The molecule has 166 valence electrons. The van der Waals surface area contributed by atoms with Crippen molar-refractivity contribution in [3.8, 4) is 0 Å². The molecule has 1 heterocycles. The zero-order chi connectivity index (χ0) is 23.7. The second-order valence-corrected chi connectivity index (χ2v) is 9.73. The van der Waals surface area contributed by atoms with E-state index in [1.807, 2.05) is 18.2 Å². The molecule has 1 aliphatic rings. The van der Waals surface area contributed by atoms with E-state index in [0.717, 1.165) is 25.8 Å². The molecule has 0 radical (unpaired) electrons. The van der Waals surface area contributed by atoms with E-state index in [-0.39, 0.29) is 5.57 Å². The van der Waals surface area contributed by atoms with Crippen LogP contribution in [0.1, 0.15) is 27.8 Å². The summed E-state index contributed by atoms with van der Waals surface area (Å²) in [5.74, 6) is -1.38. The van der Waals surface area contributed by atoms with Gasteiger partial charge in [0, 0.05) is 8.95 Å². The quantitative estimate of drug-likeness (QED) is 0.306. The van der Waals surface area contributed by atoms with Gasteiger partial charge < -0.3 is 0 Å². The first-order valence-electron chi connectivity index (χ1n) is 10.2. The third-order valence-electron chi connectivity index (χ3n) is 5.25. The van der Waals surface area contributed by atoms with Gasteiger partial charge in [-0.15, -0.1) is 0 Å². The number of carbonyl (C=O) groups is 3. The summed E-state index contributed by atoms with van der Waals surface area (Å²) in [7, 11) is 0. The molecule has 5 nitrogen and oxygen atoms in total. The Bertz CT molecular complexity index is 1290. The van der Waals surface area contributed by atoms with Gasteiger partial charge in [-0.25, -0.2) is 9.69 Å². The third-order valence-corrected chi connectivity index (χ3v) is 6.52. The molecule has 1 aliphatic heterocycles. The SMILES string of the molecule is Cc1cc(C)cc(Cc2ccc(/C=C3\C(=O)NC(=O)N(c4ccc(Br)cc4)C3=O)cc2Br)c1. The van der Waals surface area contributed by atoms with Gasteiger partial charge in [-0.3, -0.25) is 14.9 Å². The molecule has 4 rings (SSSR count). The van der Waals surface area contributed by atoms with Crippen LogP contribution in [0.2, 0.25) is 0 Å². The number of benzene rings is 3. The van der Waals surface area contributed by atoms with Crippen molar-refractivity contribution in [2.75, 3.05) is 4.90 Å². The summed E-state index contributed by atoms with van der Waals surface area (Å²) in [6.07, 6.45) is 2.26. The number of carbonyl (C=O) groups excluding carboxylic acids is 3. The summed E-state index contributed by atoms with van der Waals surface area (Å²) in [6, 6.07) is 18.1. The van der Waals surface area contributed by atoms with Crippen molar-refractivity contribution in [2.24, 2.45) is 0 Å². The lowest BCUT2D eigenvalue weighted by Crippen LogP contribution is -2.54. The summed E-state index contributed by atoms with van der Waals surface area (Å²) in [6.45, 7) is 4.16. The van der Waals surface area contributed by atoms with Crippen molar-refractivity contribution in [1.82, 2.24) is 5.32 Å². The normalized spacial score (nSPS) is 15.2. The van der Waals surface area contributed by atoms with Crippen LogP contribution in [0.15, 0.2) is 75.2 Å². The van der Waals surface area contributed by atoms with Gasteiger partial charge in [0.15, 0.2) is 0 Å². The molecule has 0 spiro atoms. The summed E-state index contributed by atoms with van der Waals surface area (Å²) in [4.78, 5) is 38.8. The van der Waals surface area contributed by atoms with Crippen molar-refractivity contribution in [1.29, 1.82) is 0 Å². The van der Waals surface area contributed by atoms with E-state index in [9.17, 15) is 14.4 Å². The molecule has 0 aliphatic carbocycles. The lowest BCUT2D eigenvalue weighted by atomic mass is 9.99. The van der Waals surface area contributed by atoms with Gasteiger partial charge in [0.2, 0.25) is 0 Å². The fourth-order valence-corrected chi connectivity index (χ4v) is 4.64. The molecule has 1 fully saturated rings. The first-order chi connectivity index (χ1) is 15.7. The molecule has 33 heavy (non-hydrogen) atoms. The predicted molar refractivity (Wildman–Crippen MR) is 136 cm³/mol. The molecule has 0 saturated carbocycles. The van der Waals surface area contributed by atoms with E-state index in [1.165, 1.54) is 22.8 Å². The molecule has 3 aromatic rings. The van der Waals surface area contributed by atoms with Gasteiger partial charge in [-0.1, -0.05) is 73.3 Å².